The molecule has 13 heavy (non-hydrogen) atoms. The number of hydrogen-bond donors (Lipinski definition) is 4. The fourth-order valence-corrected chi connectivity index (χ4v) is 0.185. The summed E-state index contributed by atoms with van der Waals surface area (Å²) in [6, 6.07) is 0. The number of amides is 1. The first-order valence-electron chi connectivity index (χ1n) is 2.31. The summed E-state index contributed by atoms with van der Waals surface area (Å²) in [5.41, 5.74) is 0. The van der Waals surface area contributed by atoms with Crippen molar-refractivity contribution in [3.63, 3.8) is 0 Å². The van der Waals surface area contributed by atoms with Crippen LogP contribution in [-0.2, 0) is 9.59 Å². The van der Waals surface area contributed by atoms with Crippen LogP contribution in [0.5, 0.6) is 0 Å². The number of aliphatic imine (C=N–C) groups is 1. The van der Waals surface area contributed by atoms with Crippen LogP contribution in [0, 0.1) is 0 Å². The molecule has 0 aliphatic carbocycles. The van der Waals surface area contributed by atoms with E-state index in [9.17, 15) is 9.59 Å². The van der Waals surface area contributed by atoms with Gasteiger partial charge in [0, 0.05) is 0 Å². The fraction of sp³-hybridized carbons (Fsp3) is 0. The predicted octanol–water partition coefficient (Wildman–Crippen LogP) is -2.59. The number of thiol groups is 1. The van der Waals surface area contributed by atoms with Gasteiger partial charge in [0.1, 0.15) is 4.20 Å². The van der Waals surface area contributed by atoms with Gasteiger partial charge in [-0.25, -0.2) is 4.79 Å². The molecule has 0 unspecified atom stereocenters. The van der Waals surface area contributed by atoms with Gasteiger partial charge >= 0.3 is 32.1 Å². The maximum absolute atomic E-state index is 10.1. The van der Waals surface area contributed by atoms with Crippen molar-refractivity contribution < 1.29 is 24.7 Å². The van der Waals surface area contributed by atoms with E-state index in [1.807, 2.05) is 0 Å². The van der Waals surface area contributed by atoms with Crippen molar-refractivity contribution in [1.82, 2.24) is 0 Å². The Kier molecular flexibility index (Phi) is 17.4. The zero-order chi connectivity index (χ0) is 10.1. The van der Waals surface area contributed by atoms with Gasteiger partial charge in [-0.15, -0.1) is 17.6 Å². The third-order valence-electron chi connectivity index (χ3n) is 0.330. The van der Waals surface area contributed by atoms with E-state index in [0.29, 0.717) is 0 Å². The van der Waals surface area contributed by atoms with E-state index in [-0.39, 0.29) is 23.1 Å². The first-order chi connectivity index (χ1) is 5.41. The van der Waals surface area contributed by atoms with Crippen molar-refractivity contribution in [3.05, 3.63) is 0 Å². The van der Waals surface area contributed by atoms with Gasteiger partial charge < -0.3 is 15.1 Å². The van der Waals surface area contributed by atoms with E-state index in [0.717, 1.165) is 6.08 Å². The molecule has 1 amide bonds. The van der Waals surface area contributed by atoms with Crippen LogP contribution in [0.3, 0.4) is 0 Å². The Morgan fingerprint density at radius 2 is 1.77 bits per heavy atom. The van der Waals surface area contributed by atoms with Crippen molar-refractivity contribution >= 4 is 67.2 Å². The normalized spacial score (nSPS) is 6.46. The molecule has 0 aliphatic heterocycles. The molecule has 0 rings (SSSR count). The third kappa shape index (κ3) is 24.5. The molecule has 0 radical (unpaired) electrons. The van der Waals surface area contributed by atoms with Crippen molar-refractivity contribution in [2.45, 2.75) is 0 Å². The summed E-state index contributed by atoms with van der Waals surface area (Å²) in [4.78, 5) is 22.1. The van der Waals surface area contributed by atoms with Gasteiger partial charge in [0.15, 0.2) is 0 Å². The number of hydrogen-bond acceptors (Lipinski definition) is 6. The Balaban J connectivity index is -0.000000173. The van der Waals surface area contributed by atoms with Crippen LogP contribution in [0.1, 0.15) is 0 Å². The Hall–Kier alpha value is 0.0323. The van der Waals surface area contributed by atoms with Crippen molar-refractivity contribution in [1.29, 1.82) is 0 Å². The monoisotopic (exact) mass is 217 g/mol. The Morgan fingerprint density at radius 3 is 1.85 bits per heavy atom. The van der Waals surface area contributed by atoms with E-state index in [1.54, 1.807) is 0 Å². The van der Waals surface area contributed by atoms with E-state index >= 15 is 0 Å². The Morgan fingerprint density at radius 1 is 1.46 bits per heavy atom. The summed E-state index contributed by atoms with van der Waals surface area (Å²) in [6.45, 7) is 0. The van der Waals surface area contributed by atoms with Gasteiger partial charge in [-0.3, -0.25) is 4.79 Å². The molecular formula is C3H5BLiNO5S2. The molecule has 0 aromatic rings. The average Bonchev–Trinajstić information content (AvgIpc) is 1.86. The van der Waals surface area contributed by atoms with Crippen molar-refractivity contribution in [2.24, 2.45) is 4.99 Å². The number of nitrogens with zero attached hydrogens (tertiary/aromatic N) is 1. The van der Waals surface area contributed by atoms with Gasteiger partial charge in [0.2, 0.25) is 6.08 Å². The first kappa shape index (κ1) is 18.7. The van der Waals surface area contributed by atoms with Gasteiger partial charge in [-0.05, 0) is 0 Å². The molecule has 0 aromatic heterocycles. The van der Waals surface area contributed by atoms with Crippen LogP contribution in [-0.4, -0.2) is 57.4 Å². The second kappa shape index (κ2) is 12.0. The number of thiocarbonyl (C=S) groups is 1. The number of rotatable bonds is 1. The van der Waals surface area contributed by atoms with Gasteiger partial charge in [-0.1, -0.05) is 12.2 Å². The Labute approximate surface area is 96.8 Å². The molecule has 3 N–H and O–H groups in total. The summed E-state index contributed by atoms with van der Waals surface area (Å²) in [5.74, 6) is -0.821. The molecule has 0 aromatic carbocycles. The summed E-state index contributed by atoms with van der Waals surface area (Å²) in [5, 5.41) is 21.5. The zero-order valence-corrected chi connectivity index (χ0v) is 7.25. The van der Waals surface area contributed by atoms with Crippen LogP contribution in [0.2, 0.25) is 0 Å². The number of isocyanates is 1. The molecule has 0 heterocycles. The second-order valence-electron chi connectivity index (χ2n) is 1.16. The zero-order valence-electron chi connectivity index (χ0n) is 5.54. The van der Waals surface area contributed by atoms with Crippen LogP contribution in [0.4, 0.5) is 0 Å². The number of carbonyl (C=O) groups excluding carboxylic acids is 2. The van der Waals surface area contributed by atoms with E-state index in [1.165, 1.54) is 0 Å². The quantitative estimate of drug-likeness (QED) is 0.126. The average molecular weight is 217 g/mol. The maximum atomic E-state index is 10.1. The fourth-order valence-electron chi connectivity index (χ4n) is 0.0893. The van der Waals surface area contributed by atoms with Gasteiger partial charge in [0.25, 0.3) is 0 Å². The topological polar surface area (TPSA) is 107 Å². The van der Waals surface area contributed by atoms with Crippen LogP contribution in [0.15, 0.2) is 4.99 Å². The molecule has 10 heteroatoms. The van der Waals surface area contributed by atoms with E-state index in [2.05, 4.69) is 29.8 Å². The second-order valence-corrected chi connectivity index (χ2v) is 2.32. The SMILES string of the molecule is O=C=NC(=O)C(=S)S.OB(O)O.[LiH]. The number of carbonyl (C=O) groups is 1. The summed E-state index contributed by atoms with van der Waals surface area (Å²) in [6.07, 6.45) is 1.04. The summed E-state index contributed by atoms with van der Waals surface area (Å²) >= 11 is 7.66. The molecule has 6 nitrogen and oxygen atoms in total. The predicted molar refractivity (Wildman–Crippen MR) is 54.3 cm³/mol. The Bertz CT molecular complexity index is 211. The molecule has 0 saturated heterocycles. The molecule has 0 aliphatic rings. The van der Waals surface area contributed by atoms with Crippen LogP contribution < -0.4 is 0 Å². The molecule has 68 valence electrons. The van der Waals surface area contributed by atoms with E-state index < -0.39 is 13.2 Å². The molecule has 0 bridgehead atoms. The molecular weight excluding hydrogens is 212 g/mol. The first-order valence-corrected chi connectivity index (χ1v) is 3.16. The van der Waals surface area contributed by atoms with Gasteiger partial charge in [-0.2, -0.15) is 0 Å². The van der Waals surface area contributed by atoms with E-state index in [4.69, 9.17) is 15.1 Å². The van der Waals surface area contributed by atoms with Crippen LogP contribution in [0.25, 0.3) is 0 Å². The van der Waals surface area contributed by atoms with Crippen molar-refractivity contribution in [3.8, 4) is 0 Å². The molecule has 0 saturated carbocycles. The summed E-state index contributed by atoms with van der Waals surface area (Å²) < 4.78 is -0.228. The van der Waals surface area contributed by atoms with Gasteiger partial charge in [0.05, 0.1) is 0 Å². The summed E-state index contributed by atoms with van der Waals surface area (Å²) in [7, 11) is -2.17. The molecule has 0 atom stereocenters. The standard InChI is InChI=1S/C3HNO2S2.BH3O3.Li.H/c5-1-4-2(6)3(7)8;2-1(3)4;;/h(H,7,8);2-4H;;. The third-order valence-corrected chi connectivity index (χ3v) is 0.696. The van der Waals surface area contributed by atoms with Crippen molar-refractivity contribution in [2.75, 3.05) is 0 Å². The minimum absolute atomic E-state index is 0. The molecule has 0 spiro atoms. The van der Waals surface area contributed by atoms with Crippen LogP contribution >= 0.6 is 24.8 Å². The molecule has 0 fully saturated rings. The minimum atomic E-state index is -2.17.